The number of hydrogen-bond acceptors (Lipinski definition) is 2. The number of hydrogen-bond donors (Lipinski definition) is 2. The largest absolute Gasteiger partial charge is 0.478 e. The minimum Gasteiger partial charge on any atom is -0.478 e. The van der Waals surface area contributed by atoms with Crippen molar-refractivity contribution < 1.29 is 14.7 Å². The molecule has 0 spiro atoms. The number of amides is 1. The number of nitrogens with one attached hydrogen (secondary N) is 1. The van der Waals surface area contributed by atoms with Gasteiger partial charge in [0.05, 0.1) is 5.56 Å². The van der Waals surface area contributed by atoms with E-state index in [1.807, 2.05) is 20.8 Å². The van der Waals surface area contributed by atoms with Crippen molar-refractivity contribution in [2.24, 2.45) is 11.8 Å². The molecule has 0 aromatic heterocycles. The molecule has 4 nitrogen and oxygen atoms in total. The smallest absolute Gasteiger partial charge is 0.335 e. The van der Waals surface area contributed by atoms with Gasteiger partial charge in [-0.3, -0.25) is 4.79 Å². The highest BCUT2D eigenvalue weighted by Gasteiger charge is 2.16. The number of carboxylic acid groups (broad SMARTS) is 1. The van der Waals surface area contributed by atoms with Crippen LogP contribution in [0.5, 0.6) is 0 Å². The molecule has 0 saturated carbocycles. The number of carboxylic acids is 1. The highest BCUT2D eigenvalue weighted by molar-refractivity contribution is 5.87. The van der Waals surface area contributed by atoms with Crippen molar-refractivity contribution in [2.45, 2.75) is 27.3 Å². The maximum absolute atomic E-state index is 11.7. The van der Waals surface area contributed by atoms with Crippen LogP contribution in [0.25, 0.3) is 0 Å². The van der Waals surface area contributed by atoms with Crippen LogP contribution in [0.1, 0.15) is 36.7 Å². The quantitative estimate of drug-likeness (QED) is 0.841. The fraction of sp³-hybridized carbons (Fsp3) is 0.429. The van der Waals surface area contributed by atoms with Gasteiger partial charge in [0.2, 0.25) is 5.91 Å². The Labute approximate surface area is 107 Å². The first-order valence-corrected chi connectivity index (χ1v) is 6.01. The number of aromatic carboxylic acids is 1. The average molecular weight is 249 g/mol. The predicted octanol–water partition coefficient (Wildman–Crippen LogP) is 2.29. The molecule has 0 aliphatic rings. The molecule has 18 heavy (non-hydrogen) atoms. The molecule has 0 aliphatic carbocycles. The fourth-order valence-electron chi connectivity index (χ4n) is 1.47. The highest BCUT2D eigenvalue weighted by atomic mass is 16.4. The summed E-state index contributed by atoms with van der Waals surface area (Å²) in [5, 5.41) is 11.7. The van der Waals surface area contributed by atoms with E-state index in [0.29, 0.717) is 6.54 Å². The average Bonchev–Trinajstić information content (AvgIpc) is 2.35. The molecule has 4 heteroatoms. The lowest BCUT2D eigenvalue weighted by Gasteiger charge is -2.15. The summed E-state index contributed by atoms with van der Waals surface area (Å²) in [6.07, 6.45) is 0. The summed E-state index contributed by atoms with van der Waals surface area (Å²) in [5.74, 6) is -0.729. The maximum atomic E-state index is 11.7. The Bertz CT molecular complexity index is 440. The minimum atomic E-state index is -0.960. The van der Waals surface area contributed by atoms with Gasteiger partial charge >= 0.3 is 5.97 Å². The Hall–Kier alpha value is -1.84. The molecule has 0 saturated heterocycles. The van der Waals surface area contributed by atoms with Gasteiger partial charge in [0.25, 0.3) is 0 Å². The van der Waals surface area contributed by atoms with Crippen LogP contribution in [-0.2, 0) is 11.3 Å². The van der Waals surface area contributed by atoms with Crippen LogP contribution >= 0.6 is 0 Å². The molecule has 0 radical (unpaired) electrons. The summed E-state index contributed by atoms with van der Waals surface area (Å²) in [6, 6.07) is 6.58. The molecule has 1 amide bonds. The first kappa shape index (κ1) is 14.2. The summed E-state index contributed by atoms with van der Waals surface area (Å²) >= 11 is 0. The van der Waals surface area contributed by atoms with Crippen molar-refractivity contribution in [1.82, 2.24) is 5.32 Å². The van der Waals surface area contributed by atoms with Crippen LogP contribution < -0.4 is 5.32 Å². The molecule has 1 aromatic carbocycles. The molecule has 2 N–H and O–H groups in total. The van der Waals surface area contributed by atoms with E-state index < -0.39 is 5.97 Å². The van der Waals surface area contributed by atoms with E-state index in [1.54, 1.807) is 18.2 Å². The van der Waals surface area contributed by atoms with Crippen LogP contribution in [0, 0.1) is 11.8 Å². The Morgan fingerprint density at radius 3 is 2.50 bits per heavy atom. The van der Waals surface area contributed by atoms with Crippen LogP contribution in [0.2, 0.25) is 0 Å². The third-order valence-corrected chi connectivity index (χ3v) is 3.05. The number of benzene rings is 1. The number of rotatable bonds is 5. The van der Waals surface area contributed by atoms with E-state index >= 15 is 0 Å². The molecule has 0 aliphatic heterocycles. The SMILES string of the molecule is CC(C)C(C)C(=O)NCc1cccc(C(=O)O)c1. The van der Waals surface area contributed by atoms with Gasteiger partial charge in [-0.25, -0.2) is 4.79 Å². The second-order valence-electron chi connectivity index (χ2n) is 4.76. The summed E-state index contributed by atoms with van der Waals surface area (Å²) in [4.78, 5) is 22.6. The summed E-state index contributed by atoms with van der Waals surface area (Å²) in [5.41, 5.74) is 1.03. The molecule has 1 rings (SSSR count). The molecule has 1 unspecified atom stereocenters. The minimum absolute atomic E-state index is 0.00859. The van der Waals surface area contributed by atoms with Crippen molar-refractivity contribution in [3.8, 4) is 0 Å². The van der Waals surface area contributed by atoms with E-state index in [1.165, 1.54) is 6.07 Å². The van der Waals surface area contributed by atoms with Crippen LogP contribution in [-0.4, -0.2) is 17.0 Å². The van der Waals surface area contributed by atoms with Gasteiger partial charge in [-0.1, -0.05) is 32.9 Å². The first-order chi connectivity index (χ1) is 8.41. The molecule has 1 atom stereocenters. The van der Waals surface area contributed by atoms with Crippen LogP contribution in [0.15, 0.2) is 24.3 Å². The molecular weight excluding hydrogens is 230 g/mol. The maximum Gasteiger partial charge on any atom is 0.335 e. The predicted molar refractivity (Wildman–Crippen MR) is 69.3 cm³/mol. The highest BCUT2D eigenvalue weighted by Crippen LogP contribution is 2.10. The van der Waals surface area contributed by atoms with Gasteiger partial charge < -0.3 is 10.4 Å². The van der Waals surface area contributed by atoms with Gasteiger partial charge in [0.15, 0.2) is 0 Å². The van der Waals surface area contributed by atoms with Crippen LogP contribution in [0.3, 0.4) is 0 Å². The molecular formula is C14H19NO3. The molecule has 0 heterocycles. The lowest BCUT2D eigenvalue weighted by atomic mass is 9.97. The second kappa shape index (κ2) is 6.19. The fourth-order valence-corrected chi connectivity index (χ4v) is 1.47. The van der Waals surface area contributed by atoms with Gasteiger partial charge in [0.1, 0.15) is 0 Å². The Kier molecular flexibility index (Phi) is 4.89. The van der Waals surface area contributed by atoms with E-state index in [-0.39, 0.29) is 23.3 Å². The summed E-state index contributed by atoms with van der Waals surface area (Å²) in [7, 11) is 0. The summed E-state index contributed by atoms with van der Waals surface area (Å²) in [6.45, 7) is 6.23. The van der Waals surface area contributed by atoms with Gasteiger partial charge in [0, 0.05) is 12.5 Å². The molecule has 0 fully saturated rings. The topological polar surface area (TPSA) is 66.4 Å². The van der Waals surface area contributed by atoms with Gasteiger partial charge in [-0.15, -0.1) is 0 Å². The Balaban J connectivity index is 2.61. The third-order valence-electron chi connectivity index (χ3n) is 3.05. The van der Waals surface area contributed by atoms with Crippen molar-refractivity contribution in [2.75, 3.05) is 0 Å². The Morgan fingerprint density at radius 1 is 1.28 bits per heavy atom. The van der Waals surface area contributed by atoms with E-state index in [4.69, 9.17) is 5.11 Å². The standard InChI is InChI=1S/C14H19NO3/c1-9(2)10(3)13(16)15-8-11-5-4-6-12(7-11)14(17)18/h4-7,9-10H,8H2,1-3H3,(H,15,16)(H,17,18). The second-order valence-corrected chi connectivity index (χ2v) is 4.76. The summed E-state index contributed by atoms with van der Waals surface area (Å²) < 4.78 is 0. The van der Waals surface area contributed by atoms with Crippen molar-refractivity contribution in [1.29, 1.82) is 0 Å². The number of carbonyl (C=O) groups excluding carboxylic acids is 1. The van der Waals surface area contributed by atoms with Crippen molar-refractivity contribution >= 4 is 11.9 Å². The van der Waals surface area contributed by atoms with Crippen molar-refractivity contribution in [3.05, 3.63) is 35.4 Å². The molecule has 98 valence electrons. The zero-order valence-corrected chi connectivity index (χ0v) is 10.9. The van der Waals surface area contributed by atoms with Crippen molar-refractivity contribution in [3.63, 3.8) is 0 Å². The normalized spacial score (nSPS) is 12.2. The molecule has 0 bridgehead atoms. The zero-order chi connectivity index (χ0) is 13.7. The van der Waals surface area contributed by atoms with E-state index in [2.05, 4.69) is 5.32 Å². The van der Waals surface area contributed by atoms with Gasteiger partial charge in [-0.2, -0.15) is 0 Å². The van der Waals surface area contributed by atoms with Gasteiger partial charge in [-0.05, 0) is 23.6 Å². The lowest BCUT2D eigenvalue weighted by Crippen LogP contribution is -2.31. The van der Waals surface area contributed by atoms with E-state index in [0.717, 1.165) is 5.56 Å². The zero-order valence-electron chi connectivity index (χ0n) is 10.9. The first-order valence-electron chi connectivity index (χ1n) is 6.01. The lowest BCUT2D eigenvalue weighted by molar-refractivity contribution is -0.125. The van der Waals surface area contributed by atoms with E-state index in [9.17, 15) is 9.59 Å². The monoisotopic (exact) mass is 249 g/mol. The van der Waals surface area contributed by atoms with Crippen LogP contribution in [0.4, 0.5) is 0 Å². The Morgan fingerprint density at radius 2 is 1.94 bits per heavy atom. The third kappa shape index (κ3) is 3.87. The molecule has 1 aromatic rings. The number of carbonyl (C=O) groups is 2.